The van der Waals surface area contributed by atoms with E-state index in [2.05, 4.69) is 11.4 Å². The Morgan fingerprint density at radius 3 is 2.73 bits per heavy atom. The van der Waals surface area contributed by atoms with Crippen LogP contribution in [0.5, 0.6) is 0 Å². The van der Waals surface area contributed by atoms with Gasteiger partial charge in [0.05, 0.1) is 6.07 Å². The van der Waals surface area contributed by atoms with Gasteiger partial charge in [0.25, 0.3) is 0 Å². The van der Waals surface area contributed by atoms with E-state index < -0.39 is 5.54 Å². The number of nitrogens with zero attached hydrogens (tertiary/aromatic N) is 1. The molecular formula is C11H13FN2S. The maximum absolute atomic E-state index is 13.2. The Bertz CT molecular complexity index is 375. The van der Waals surface area contributed by atoms with Crippen LogP contribution in [-0.2, 0) is 0 Å². The average Bonchev–Trinajstić information content (AvgIpc) is 2.28. The van der Waals surface area contributed by atoms with Crippen LogP contribution in [0, 0.1) is 17.1 Å². The van der Waals surface area contributed by atoms with Crippen molar-refractivity contribution in [3.63, 3.8) is 0 Å². The summed E-state index contributed by atoms with van der Waals surface area (Å²) in [6.45, 7) is 1.79. The van der Waals surface area contributed by atoms with Gasteiger partial charge in [-0.1, -0.05) is 12.1 Å². The summed E-state index contributed by atoms with van der Waals surface area (Å²) < 4.78 is 13.2. The summed E-state index contributed by atoms with van der Waals surface area (Å²) in [7, 11) is 1.73. The van der Waals surface area contributed by atoms with Crippen molar-refractivity contribution in [2.24, 2.45) is 0 Å². The summed E-state index contributed by atoms with van der Waals surface area (Å²) in [6.07, 6.45) is 0. The number of thioether (sulfide) groups is 1. The number of rotatable bonds is 4. The van der Waals surface area contributed by atoms with Crippen molar-refractivity contribution in [3.05, 3.63) is 30.1 Å². The van der Waals surface area contributed by atoms with E-state index in [9.17, 15) is 4.39 Å². The minimum absolute atomic E-state index is 0.237. The molecule has 0 radical (unpaired) electrons. The standard InChI is InChI=1S/C11H13FN2S/c1-11(7-13,14-2)8-15-10-6-4-3-5-9(10)12/h3-6,14H,8H2,1-2H3. The molecule has 1 aromatic rings. The van der Waals surface area contributed by atoms with Gasteiger partial charge in [-0.15, -0.1) is 11.8 Å². The molecule has 0 bridgehead atoms. The first kappa shape index (κ1) is 12.0. The fraction of sp³-hybridized carbons (Fsp3) is 0.364. The first-order valence-electron chi connectivity index (χ1n) is 4.59. The molecule has 1 atom stereocenters. The summed E-state index contributed by atoms with van der Waals surface area (Å²) >= 11 is 1.34. The monoisotopic (exact) mass is 224 g/mol. The lowest BCUT2D eigenvalue weighted by atomic mass is 10.1. The van der Waals surface area contributed by atoms with Gasteiger partial charge in [0.1, 0.15) is 11.4 Å². The quantitative estimate of drug-likeness (QED) is 0.798. The lowest BCUT2D eigenvalue weighted by Crippen LogP contribution is -2.40. The maximum Gasteiger partial charge on any atom is 0.136 e. The van der Waals surface area contributed by atoms with Gasteiger partial charge in [-0.3, -0.25) is 0 Å². The molecule has 1 unspecified atom stereocenters. The van der Waals surface area contributed by atoms with E-state index in [0.29, 0.717) is 10.6 Å². The van der Waals surface area contributed by atoms with E-state index in [1.54, 1.807) is 32.2 Å². The Morgan fingerprint density at radius 2 is 2.20 bits per heavy atom. The molecule has 80 valence electrons. The van der Waals surface area contributed by atoms with E-state index in [1.165, 1.54) is 17.8 Å². The molecule has 0 saturated heterocycles. The maximum atomic E-state index is 13.2. The normalized spacial score (nSPS) is 14.3. The molecule has 1 rings (SSSR count). The second-order valence-electron chi connectivity index (χ2n) is 3.41. The number of benzene rings is 1. The van der Waals surface area contributed by atoms with Gasteiger partial charge in [0.15, 0.2) is 0 Å². The Hall–Kier alpha value is -1.05. The van der Waals surface area contributed by atoms with Crippen molar-refractivity contribution in [1.82, 2.24) is 5.32 Å². The van der Waals surface area contributed by atoms with Crippen LogP contribution >= 0.6 is 11.8 Å². The summed E-state index contributed by atoms with van der Waals surface area (Å²) in [6, 6.07) is 8.74. The molecule has 0 heterocycles. The van der Waals surface area contributed by atoms with Gasteiger partial charge >= 0.3 is 0 Å². The smallest absolute Gasteiger partial charge is 0.136 e. The van der Waals surface area contributed by atoms with Gasteiger partial charge in [-0.25, -0.2) is 4.39 Å². The van der Waals surface area contributed by atoms with Crippen molar-refractivity contribution < 1.29 is 4.39 Å². The Balaban J connectivity index is 2.66. The minimum Gasteiger partial charge on any atom is -0.302 e. The number of hydrogen-bond donors (Lipinski definition) is 1. The van der Waals surface area contributed by atoms with E-state index in [4.69, 9.17) is 5.26 Å². The number of halogens is 1. The Morgan fingerprint density at radius 1 is 1.53 bits per heavy atom. The molecule has 0 fully saturated rings. The van der Waals surface area contributed by atoms with Crippen LogP contribution in [0.1, 0.15) is 6.92 Å². The SMILES string of the molecule is CNC(C)(C#N)CSc1ccccc1F. The van der Waals surface area contributed by atoms with Crippen LogP contribution in [0.3, 0.4) is 0 Å². The summed E-state index contributed by atoms with van der Waals surface area (Å²) in [5.41, 5.74) is -0.618. The first-order valence-corrected chi connectivity index (χ1v) is 5.57. The molecule has 0 aromatic heterocycles. The second kappa shape index (κ2) is 5.15. The lowest BCUT2D eigenvalue weighted by Gasteiger charge is -2.19. The van der Waals surface area contributed by atoms with E-state index >= 15 is 0 Å². The van der Waals surface area contributed by atoms with Crippen LogP contribution in [0.15, 0.2) is 29.2 Å². The molecular weight excluding hydrogens is 211 g/mol. The fourth-order valence-electron chi connectivity index (χ4n) is 0.944. The zero-order valence-electron chi connectivity index (χ0n) is 8.75. The highest BCUT2D eigenvalue weighted by Crippen LogP contribution is 2.24. The molecule has 0 spiro atoms. The van der Waals surface area contributed by atoms with Crippen molar-refractivity contribution >= 4 is 11.8 Å². The lowest BCUT2D eigenvalue weighted by molar-refractivity contribution is 0.549. The third-order valence-electron chi connectivity index (χ3n) is 2.15. The fourth-order valence-corrected chi connectivity index (χ4v) is 1.98. The summed E-state index contributed by atoms with van der Waals surface area (Å²) in [5, 5.41) is 11.8. The van der Waals surface area contributed by atoms with Crippen molar-refractivity contribution in [1.29, 1.82) is 5.26 Å². The molecule has 1 aromatic carbocycles. The molecule has 2 nitrogen and oxygen atoms in total. The number of hydrogen-bond acceptors (Lipinski definition) is 3. The summed E-state index contributed by atoms with van der Waals surface area (Å²) in [4.78, 5) is 0.578. The van der Waals surface area contributed by atoms with Crippen LogP contribution < -0.4 is 5.32 Å². The van der Waals surface area contributed by atoms with Crippen LogP contribution in [0.25, 0.3) is 0 Å². The first-order chi connectivity index (χ1) is 7.11. The summed E-state index contributed by atoms with van der Waals surface area (Å²) in [5.74, 6) is 0.278. The molecule has 15 heavy (non-hydrogen) atoms. The van der Waals surface area contributed by atoms with E-state index in [0.717, 1.165) is 0 Å². The molecule has 0 amide bonds. The molecule has 0 aliphatic heterocycles. The third-order valence-corrected chi connectivity index (χ3v) is 3.52. The highest BCUT2D eigenvalue weighted by molar-refractivity contribution is 7.99. The second-order valence-corrected chi connectivity index (χ2v) is 4.43. The van der Waals surface area contributed by atoms with Gasteiger partial charge in [-0.2, -0.15) is 5.26 Å². The zero-order chi connectivity index (χ0) is 11.3. The number of nitrogens with one attached hydrogen (secondary N) is 1. The van der Waals surface area contributed by atoms with Crippen LogP contribution in [-0.4, -0.2) is 18.3 Å². The Kier molecular flexibility index (Phi) is 4.13. The molecule has 1 N–H and O–H groups in total. The largest absolute Gasteiger partial charge is 0.302 e. The third kappa shape index (κ3) is 3.22. The van der Waals surface area contributed by atoms with Crippen molar-refractivity contribution in [2.45, 2.75) is 17.4 Å². The zero-order valence-corrected chi connectivity index (χ0v) is 9.57. The molecule has 0 aliphatic rings. The van der Waals surface area contributed by atoms with Crippen LogP contribution in [0.2, 0.25) is 0 Å². The van der Waals surface area contributed by atoms with Gasteiger partial charge < -0.3 is 5.32 Å². The highest BCUT2D eigenvalue weighted by Gasteiger charge is 2.21. The van der Waals surface area contributed by atoms with Crippen molar-refractivity contribution in [2.75, 3.05) is 12.8 Å². The Labute approximate surface area is 93.5 Å². The predicted octanol–water partition coefficient (Wildman–Crippen LogP) is 2.42. The topological polar surface area (TPSA) is 35.8 Å². The molecule has 0 saturated carbocycles. The van der Waals surface area contributed by atoms with Gasteiger partial charge in [-0.05, 0) is 26.1 Å². The number of nitriles is 1. The van der Waals surface area contributed by atoms with Crippen LogP contribution in [0.4, 0.5) is 4.39 Å². The van der Waals surface area contributed by atoms with Crippen molar-refractivity contribution in [3.8, 4) is 6.07 Å². The molecule has 0 aliphatic carbocycles. The van der Waals surface area contributed by atoms with Gasteiger partial charge in [0.2, 0.25) is 0 Å². The van der Waals surface area contributed by atoms with E-state index in [-0.39, 0.29) is 5.82 Å². The average molecular weight is 224 g/mol. The minimum atomic E-state index is -0.618. The van der Waals surface area contributed by atoms with E-state index in [1.807, 2.05) is 0 Å². The van der Waals surface area contributed by atoms with Gasteiger partial charge in [0, 0.05) is 10.6 Å². The highest BCUT2D eigenvalue weighted by atomic mass is 32.2. The molecule has 4 heteroatoms. The predicted molar refractivity (Wildman–Crippen MR) is 60.2 cm³/mol.